The lowest BCUT2D eigenvalue weighted by atomic mass is 9.65. The molecule has 0 aliphatic heterocycles. The molecule has 1 saturated carbocycles. The third-order valence-electron chi connectivity index (χ3n) is 17.4. The first-order chi connectivity index (χ1) is 36.8. The highest BCUT2D eigenvalue weighted by atomic mass is 14.6. The molecular weight excluding hydrogens is 901 g/mol. The van der Waals surface area contributed by atoms with Gasteiger partial charge in [0.15, 0.2) is 0 Å². The molecule has 75 heavy (non-hydrogen) atoms. The van der Waals surface area contributed by atoms with Crippen LogP contribution in [0.1, 0.15) is 120 Å². The van der Waals surface area contributed by atoms with Crippen molar-refractivity contribution in [2.24, 2.45) is 0 Å². The summed E-state index contributed by atoms with van der Waals surface area (Å²) in [5, 5.41) is 5.52. The van der Waals surface area contributed by atoms with E-state index in [-0.39, 0.29) is 5.41 Å². The largest absolute Gasteiger partial charge is 0.0719 e. The summed E-state index contributed by atoms with van der Waals surface area (Å²) < 4.78 is 0. The van der Waals surface area contributed by atoms with Gasteiger partial charge in [-0.25, -0.2) is 0 Å². The molecule has 0 saturated heterocycles. The zero-order chi connectivity index (χ0) is 50.8. The summed E-state index contributed by atoms with van der Waals surface area (Å²) in [6.45, 7) is 11.1. The number of hydrogen-bond donors (Lipinski definition) is 0. The molecule has 0 amide bonds. The third kappa shape index (κ3) is 7.32. The Morgan fingerprint density at radius 1 is 0.373 bits per heavy atom. The lowest BCUT2D eigenvalue weighted by Crippen LogP contribution is -2.30. The van der Waals surface area contributed by atoms with E-state index in [1.807, 2.05) is 0 Å². The topological polar surface area (TPSA) is 0 Å². The van der Waals surface area contributed by atoms with E-state index < -0.39 is 5.41 Å². The van der Waals surface area contributed by atoms with E-state index in [1.54, 1.807) is 11.1 Å². The van der Waals surface area contributed by atoms with Crippen LogP contribution in [0.3, 0.4) is 0 Å². The maximum Gasteiger partial charge on any atom is 0.0719 e. The molecule has 0 aromatic heterocycles. The second-order valence-corrected chi connectivity index (χ2v) is 22.1. The van der Waals surface area contributed by atoms with E-state index in [4.69, 9.17) is 0 Å². The summed E-state index contributed by atoms with van der Waals surface area (Å²) in [5.74, 6) is 0.970. The van der Waals surface area contributed by atoms with E-state index in [2.05, 4.69) is 271 Å². The van der Waals surface area contributed by atoms with E-state index >= 15 is 0 Å². The number of hydrogen-bond acceptors (Lipinski definition) is 0. The lowest BCUT2D eigenvalue weighted by molar-refractivity contribution is 0.351. The van der Waals surface area contributed by atoms with Crippen LogP contribution in [0.2, 0.25) is 0 Å². The summed E-state index contributed by atoms with van der Waals surface area (Å²) in [6, 6.07) is 89.0. The number of rotatable bonds is 4. The van der Waals surface area contributed by atoms with Crippen LogP contribution in [0.15, 0.2) is 237 Å². The molecular formula is C75H64. The maximum absolute atomic E-state index is 2.51. The average molecular weight is 965 g/mol. The van der Waals surface area contributed by atoms with Gasteiger partial charge in [0.25, 0.3) is 0 Å². The van der Waals surface area contributed by atoms with Crippen molar-refractivity contribution in [3.8, 4) is 44.5 Å². The number of fused-ring (bicyclic) bond motifs is 19. The number of aryl methyl sites for hydroxylation is 1. The summed E-state index contributed by atoms with van der Waals surface area (Å²) in [5.41, 5.74) is 26.3. The zero-order valence-corrected chi connectivity index (χ0v) is 44.0. The molecule has 15 rings (SSSR count). The van der Waals surface area contributed by atoms with Gasteiger partial charge in [-0.05, 0) is 165 Å². The van der Waals surface area contributed by atoms with Crippen LogP contribution in [-0.4, -0.2) is 0 Å². The van der Waals surface area contributed by atoms with Crippen molar-refractivity contribution in [3.63, 3.8) is 0 Å². The quantitative estimate of drug-likeness (QED) is 0.165. The fourth-order valence-corrected chi connectivity index (χ4v) is 14.1. The standard InChI is InChI=1S/C56H40.C16H16.C3H8/c1-2-13-37(14-3-1)42-18-7-6-17-41(42)35-36-25-27-40(28-26-36)45-22-12-24-50-55(45)48-21-10-11-23-49(48)56(50)51-33-29-38-15-4-8-19-43(38)53(51)46-31-32-47(46)54-44-20-9-5-16-39(44)30-34-52(54)56;1-11-7-6-10-14-15(11)12-8-4-5-9-13(12)16(14,2)3;1-3-2/h1-30,33-34,46-47H,31-32,35H2;4-10H,1-3H3;3H2,1-2H3. The highest BCUT2D eigenvalue weighted by molar-refractivity contribution is 6.00. The lowest BCUT2D eigenvalue weighted by Gasteiger charge is -2.38. The predicted octanol–water partition coefficient (Wildman–Crippen LogP) is 20.0. The summed E-state index contributed by atoms with van der Waals surface area (Å²) >= 11 is 0. The molecule has 11 aromatic carbocycles. The van der Waals surface area contributed by atoms with Crippen LogP contribution in [0.5, 0.6) is 0 Å². The maximum atomic E-state index is 2.51. The van der Waals surface area contributed by atoms with Crippen molar-refractivity contribution < 1.29 is 0 Å². The highest BCUT2D eigenvalue weighted by Gasteiger charge is 2.54. The van der Waals surface area contributed by atoms with Gasteiger partial charge in [0, 0.05) is 5.41 Å². The Balaban J connectivity index is 0.000000240. The van der Waals surface area contributed by atoms with Crippen molar-refractivity contribution >= 4 is 21.5 Å². The first kappa shape index (κ1) is 46.7. The van der Waals surface area contributed by atoms with Crippen LogP contribution in [-0.2, 0) is 17.3 Å². The van der Waals surface area contributed by atoms with E-state index in [9.17, 15) is 0 Å². The molecule has 2 atom stereocenters. The van der Waals surface area contributed by atoms with Gasteiger partial charge in [-0.15, -0.1) is 0 Å². The van der Waals surface area contributed by atoms with E-state index in [1.165, 1.54) is 135 Å². The molecule has 0 N–H and O–H groups in total. The molecule has 0 heteroatoms. The Morgan fingerprint density at radius 3 is 1.49 bits per heavy atom. The van der Waals surface area contributed by atoms with Gasteiger partial charge in [0.05, 0.1) is 5.41 Å². The van der Waals surface area contributed by atoms with E-state index in [0.29, 0.717) is 11.8 Å². The smallest absolute Gasteiger partial charge is 0.0656 e. The molecule has 11 aromatic rings. The van der Waals surface area contributed by atoms with Crippen molar-refractivity contribution in [2.45, 2.75) is 83.0 Å². The number of benzene rings is 11. The molecule has 0 radical (unpaired) electrons. The Labute approximate surface area is 444 Å². The molecule has 0 heterocycles. The van der Waals surface area contributed by atoms with Crippen LogP contribution >= 0.6 is 0 Å². The minimum atomic E-state index is -0.445. The summed E-state index contributed by atoms with van der Waals surface area (Å²) in [6.07, 6.45) is 4.59. The fourth-order valence-electron chi connectivity index (χ4n) is 14.1. The molecule has 4 aliphatic rings. The molecule has 364 valence electrons. The minimum Gasteiger partial charge on any atom is -0.0656 e. The van der Waals surface area contributed by atoms with Gasteiger partial charge in [-0.1, -0.05) is 271 Å². The molecule has 0 nitrogen and oxygen atoms in total. The molecule has 0 bridgehead atoms. The van der Waals surface area contributed by atoms with Crippen molar-refractivity contribution in [1.82, 2.24) is 0 Å². The van der Waals surface area contributed by atoms with Crippen LogP contribution in [0.4, 0.5) is 0 Å². The third-order valence-corrected chi connectivity index (χ3v) is 17.4. The van der Waals surface area contributed by atoms with Crippen molar-refractivity contribution in [1.29, 1.82) is 0 Å². The van der Waals surface area contributed by atoms with Gasteiger partial charge in [0.2, 0.25) is 0 Å². The SMILES string of the molecule is CCC.Cc1cccc2c1-c1ccccc1C2(C)C.c1ccc(-c2ccccc2Cc2ccc(-c3cccc4c3-c3ccccc3C43c4ccc5ccccc5c4C4CCC4c4c3ccc3ccccc43)cc2)cc1. The van der Waals surface area contributed by atoms with E-state index in [0.717, 1.165) is 6.42 Å². The summed E-state index contributed by atoms with van der Waals surface area (Å²) in [4.78, 5) is 0. The van der Waals surface area contributed by atoms with Crippen LogP contribution < -0.4 is 0 Å². The van der Waals surface area contributed by atoms with Gasteiger partial charge < -0.3 is 0 Å². The second kappa shape index (κ2) is 18.7. The Hall–Kier alpha value is -8.06. The molecule has 1 fully saturated rings. The van der Waals surface area contributed by atoms with Gasteiger partial charge in [-0.2, -0.15) is 0 Å². The summed E-state index contributed by atoms with van der Waals surface area (Å²) in [7, 11) is 0. The minimum absolute atomic E-state index is 0.151. The molecule has 1 spiro atoms. The monoisotopic (exact) mass is 965 g/mol. The predicted molar refractivity (Wildman–Crippen MR) is 318 cm³/mol. The van der Waals surface area contributed by atoms with Crippen LogP contribution in [0.25, 0.3) is 66.1 Å². The fraction of sp³-hybridized carbons (Fsp3) is 0.173. The van der Waals surface area contributed by atoms with Crippen LogP contribution in [0, 0.1) is 6.92 Å². The van der Waals surface area contributed by atoms with Crippen molar-refractivity contribution in [2.75, 3.05) is 0 Å². The normalized spacial score (nSPS) is 17.6. The molecule has 2 unspecified atom stereocenters. The zero-order valence-electron chi connectivity index (χ0n) is 44.0. The highest BCUT2D eigenvalue weighted by Crippen LogP contribution is 2.66. The van der Waals surface area contributed by atoms with Gasteiger partial charge in [0.1, 0.15) is 0 Å². The molecule has 4 aliphatic carbocycles. The second-order valence-electron chi connectivity index (χ2n) is 22.1. The average Bonchev–Trinajstić information content (AvgIpc) is 4.10. The first-order valence-corrected chi connectivity index (χ1v) is 27.5. The Bertz CT molecular complexity index is 3870. The van der Waals surface area contributed by atoms with Gasteiger partial charge >= 0.3 is 0 Å². The van der Waals surface area contributed by atoms with Gasteiger partial charge in [-0.3, -0.25) is 0 Å². The van der Waals surface area contributed by atoms with Crippen molar-refractivity contribution in [3.05, 3.63) is 298 Å². The first-order valence-electron chi connectivity index (χ1n) is 27.5. The Morgan fingerprint density at radius 2 is 0.853 bits per heavy atom. The Kier molecular flexibility index (Phi) is 11.6.